The van der Waals surface area contributed by atoms with E-state index in [9.17, 15) is 9.67 Å². The summed E-state index contributed by atoms with van der Waals surface area (Å²) in [4.78, 5) is 0. The smallest absolute Gasteiger partial charge is 0.363 e. The number of aliphatic hydroxyl groups is 1. The zero-order chi connectivity index (χ0) is 18.7. The lowest BCUT2D eigenvalue weighted by Crippen LogP contribution is -2.08. The molecule has 0 aliphatic rings. The molecule has 2 aromatic heterocycles. The normalized spacial score (nSPS) is 13.4. The van der Waals surface area contributed by atoms with Gasteiger partial charge in [-0.05, 0) is 55.5 Å². The molecule has 0 saturated carbocycles. The minimum Gasteiger partial charge on any atom is -0.494 e. The summed E-state index contributed by atoms with van der Waals surface area (Å²) in [6, 6.07) is 7.13. The summed E-state index contributed by atoms with van der Waals surface area (Å²) in [5.74, 6) is -0.846. The van der Waals surface area contributed by atoms with E-state index in [1.54, 1.807) is 19.9 Å². The fraction of sp³-hybridized carbons (Fsp3) is 0.438. The van der Waals surface area contributed by atoms with Crippen molar-refractivity contribution in [3.05, 3.63) is 29.8 Å². The summed E-state index contributed by atoms with van der Waals surface area (Å²) >= 11 is 0. The lowest BCUT2D eigenvalue weighted by Gasteiger charge is -2.22. The van der Waals surface area contributed by atoms with E-state index in [1.807, 2.05) is 25.1 Å². The van der Waals surface area contributed by atoms with Crippen molar-refractivity contribution in [2.75, 3.05) is 19.8 Å². The molecule has 0 aliphatic carbocycles. The highest BCUT2D eigenvalue weighted by Gasteiger charge is 2.37. The fourth-order valence-electron chi connectivity index (χ4n) is 2.76. The van der Waals surface area contributed by atoms with Gasteiger partial charge in [0.2, 0.25) is 0 Å². The molecule has 0 radical (unpaired) electrons. The largest absolute Gasteiger partial charge is 0.494 e. The second kappa shape index (κ2) is 7.67. The van der Waals surface area contributed by atoms with E-state index in [1.165, 1.54) is 4.52 Å². The highest BCUT2D eigenvalue weighted by Crippen LogP contribution is 2.60. The van der Waals surface area contributed by atoms with Gasteiger partial charge < -0.3 is 18.9 Å². The van der Waals surface area contributed by atoms with Gasteiger partial charge in [-0.25, -0.2) is 0 Å². The third-order valence-corrected chi connectivity index (χ3v) is 5.89. The number of pyridine rings is 1. The Kier molecular flexibility index (Phi) is 5.52. The number of hydrogen-bond donors (Lipinski definition) is 1. The molecule has 26 heavy (non-hydrogen) atoms. The van der Waals surface area contributed by atoms with Gasteiger partial charge >= 0.3 is 7.60 Å². The highest BCUT2D eigenvalue weighted by atomic mass is 31.2. The predicted octanol–water partition coefficient (Wildman–Crippen LogP) is 2.93. The number of tetrazole rings is 1. The van der Waals surface area contributed by atoms with Crippen molar-refractivity contribution in [2.24, 2.45) is 0 Å². The topological polar surface area (TPSA) is 108 Å². The average molecular weight is 380 g/mol. The first-order valence-corrected chi connectivity index (χ1v) is 9.99. The first-order chi connectivity index (χ1) is 12.5. The molecule has 0 bridgehead atoms. The Morgan fingerprint density at radius 2 is 1.88 bits per heavy atom. The van der Waals surface area contributed by atoms with E-state index in [-0.39, 0.29) is 24.4 Å². The number of aromatic nitrogens is 4. The minimum absolute atomic E-state index is 0.137. The van der Waals surface area contributed by atoms with Gasteiger partial charge in [0.05, 0.1) is 25.3 Å². The van der Waals surface area contributed by atoms with Crippen LogP contribution in [0.2, 0.25) is 0 Å². The van der Waals surface area contributed by atoms with Crippen molar-refractivity contribution in [3.63, 3.8) is 0 Å². The van der Waals surface area contributed by atoms with E-state index in [0.717, 1.165) is 10.9 Å². The molecule has 0 aliphatic heterocycles. The second-order valence-electron chi connectivity index (χ2n) is 5.42. The minimum atomic E-state index is -3.80. The quantitative estimate of drug-likeness (QED) is 0.594. The zero-order valence-corrected chi connectivity index (χ0v) is 15.7. The number of hydrogen-bond acceptors (Lipinski definition) is 8. The van der Waals surface area contributed by atoms with Gasteiger partial charge in [-0.3, -0.25) is 4.57 Å². The SMILES string of the molecule is CCOc1ccc2c(c1)cc(C(O)P(=O)(OCC)OCC)c1nnnn12. The van der Waals surface area contributed by atoms with E-state index in [2.05, 4.69) is 15.5 Å². The van der Waals surface area contributed by atoms with Gasteiger partial charge in [-0.15, -0.1) is 5.10 Å². The van der Waals surface area contributed by atoms with E-state index in [0.29, 0.717) is 12.4 Å². The zero-order valence-electron chi connectivity index (χ0n) is 14.8. The van der Waals surface area contributed by atoms with Crippen LogP contribution in [0.15, 0.2) is 24.3 Å². The maximum atomic E-state index is 13.0. The number of rotatable bonds is 8. The maximum Gasteiger partial charge on any atom is 0.363 e. The summed E-state index contributed by atoms with van der Waals surface area (Å²) in [5, 5.41) is 23.1. The average Bonchev–Trinajstić information content (AvgIpc) is 3.11. The summed E-state index contributed by atoms with van der Waals surface area (Å²) in [6.07, 6.45) is 0. The molecular weight excluding hydrogens is 359 g/mol. The molecule has 1 unspecified atom stereocenters. The summed E-state index contributed by atoms with van der Waals surface area (Å²) in [5.41, 5.74) is 1.28. The number of aliphatic hydroxyl groups excluding tert-OH is 1. The van der Waals surface area contributed by atoms with Crippen LogP contribution in [0.5, 0.6) is 5.75 Å². The van der Waals surface area contributed by atoms with Crippen molar-refractivity contribution in [1.29, 1.82) is 0 Å². The van der Waals surface area contributed by atoms with Crippen LogP contribution in [0, 0.1) is 0 Å². The van der Waals surface area contributed by atoms with Crippen molar-refractivity contribution in [1.82, 2.24) is 20.0 Å². The van der Waals surface area contributed by atoms with Crippen LogP contribution in [0.1, 0.15) is 32.2 Å². The highest BCUT2D eigenvalue weighted by molar-refractivity contribution is 7.54. The van der Waals surface area contributed by atoms with Crippen molar-refractivity contribution in [3.8, 4) is 5.75 Å². The molecule has 2 heterocycles. The van der Waals surface area contributed by atoms with Crippen molar-refractivity contribution >= 4 is 24.1 Å². The standard InChI is InChI=1S/C16H21N4O5P/c1-4-23-12-7-8-14-11(9-12)10-13(15-17-18-19-20(14)15)16(21)26(22,24-5-2)25-6-3/h7-10,16,21H,4-6H2,1-3H3. The Labute approximate surface area is 150 Å². The van der Waals surface area contributed by atoms with Crippen LogP contribution in [0.25, 0.3) is 16.6 Å². The van der Waals surface area contributed by atoms with Crippen LogP contribution in [0.4, 0.5) is 0 Å². The van der Waals surface area contributed by atoms with Gasteiger partial charge in [0.25, 0.3) is 0 Å². The molecule has 1 N–H and O–H groups in total. The second-order valence-corrected chi connectivity index (χ2v) is 7.50. The molecule has 10 heteroatoms. The first-order valence-electron chi connectivity index (χ1n) is 8.38. The van der Waals surface area contributed by atoms with Crippen LogP contribution in [-0.2, 0) is 13.6 Å². The van der Waals surface area contributed by atoms with Crippen LogP contribution in [-0.4, -0.2) is 45.0 Å². The molecule has 1 aromatic carbocycles. The number of benzene rings is 1. The number of nitrogens with zero attached hydrogens (tertiary/aromatic N) is 4. The van der Waals surface area contributed by atoms with Gasteiger partial charge in [0, 0.05) is 10.9 Å². The maximum absolute atomic E-state index is 13.0. The Hall–Kier alpha value is -2.06. The molecule has 3 rings (SSSR count). The van der Waals surface area contributed by atoms with Crippen LogP contribution >= 0.6 is 7.60 Å². The number of fused-ring (bicyclic) bond motifs is 3. The van der Waals surface area contributed by atoms with E-state index < -0.39 is 13.4 Å². The summed E-state index contributed by atoms with van der Waals surface area (Å²) in [7, 11) is -3.80. The molecule has 9 nitrogen and oxygen atoms in total. The van der Waals surface area contributed by atoms with Crippen LogP contribution < -0.4 is 4.74 Å². The molecular formula is C16H21N4O5P. The molecule has 3 aromatic rings. The Morgan fingerprint density at radius 3 is 2.54 bits per heavy atom. The van der Waals surface area contributed by atoms with Gasteiger partial charge in [0.1, 0.15) is 5.75 Å². The molecule has 140 valence electrons. The molecule has 0 spiro atoms. The fourth-order valence-corrected chi connectivity index (χ4v) is 4.37. The summed E-state index contributed by atoms with van der Waals surface area (Å²) in [6.45, 7) is 6.06. The lowest BCUT2D eigenvalue weighted by atomic mass is 10.1. The first kappa shape index (κ1) is 18.7. The Bertz CT molecular complexity index is 950. The predicted molar refractivity (Wildman–Crippen MR) is 95.3 cm³/mol. The van der Waals surface area contributed by atoms with Gasteiger partial charge in [0.15, 0.2) is 11.5 Å². The molecule has 0 amide bonds. The third-order valence-electron chi connectivity index (χ3n) is 3.77. The lowest BCUT2D eigenvalue weighted by molar-refractivity contribution is 0.150. The summed E-state index contributed by atoms with van der Waals surface area (Å²) < 4.78 is 30.5. The van der Waals surface area contributed by atoms with E-state index >= 15 is 0 Å². The van der Waals surface area contributed by atoms with Gasteiger partial charge in [-0.1, -0.05) is 0 Å². The number of ether oxygens (including phenoxy) is 1. The van der Waals surface area contributed by atoms with Gasteiger partial charge in [-0.2, -0.15) is 4.52 Å². The third kappa shape index (κ3) is 3.31. The molecule has 0 fully saturated rings. The van der Waals surface area contributed by atoms with Crippen molar-refractivity contribution in [2.45, 2.75) is 26.6 Å². The monoisotopic (exact) mass is 380 g/mol. The van der Waals surface area contributed by atoms with Crippen LogP contribution in [0.3, 0.4) is 0 Å². The van der Waals surface area contributed by atoms with Crippen molar-refractivity contribution < 1.29 is 23.5 Å². The van der Waals surface area contributed by atoms with E-state index in [4.69, 9.17) is 13.8 Å². The Balaban J connectivity index is 2.19. The Morgan fingerprint density at radius 1 is 1.15 bits per heavy atom. The molecule has 1 atom stereocenters. The molecule has 0 saturated heterocycles.